The summed E-state index contributed by atoms with van der Waals surface area (Å²) in [5, 5.41) is 14.3. The number of anilines is 2. The molecular weight excluding hydrogens is 462 g/mol. The highest BCUT2D eigenvalue weighted by Crippen LogP contribution is 2.33. The van der Waals surface area contributed by atoms with E-state index in [1.165, 1.54) is 12.3 Å². The number of aryl methyl sites for hydroxylation is 1. The van der Waals surface area contributed by atoms with E-state index in [0.717, 1.165) is 29.2 Å². The van der Waals surface area contributed by atoms with E-state index in [1.807, 2.05) is 5.32 Å². The van der Waals surface area contributed by atoms with E-state index in [9.17, 15) is 41.0 Å². The van der Waals surface area contributed by atoms with Gasteiger partial charge in [0.2, 0.25) is 5.91 Å². The Morgan fingerprint density at radius 3 is 2.42 bits per heavy atom. The summed E-state index contributed by atoms with van der Waals surface area (Å²) < 4.78 is 80.4. The maximum Gasteiger partial charge on any atom is 0.573 e. The van der Waals surface area contributed by atoms with Crippen molar-refractivity contribution in [3.63, 3.8) is 0 Å². The number of aliphatic hydroxyl groups is 1. The molecule has 0 aliphatic carbocycles. The number of urea groups is 1. The second-order valence-electron chi connectivity index (χ2n) is 7.05. The second kappa shape index (κ2) is 8.77. The third-order valence-corrected chi connectivity index (χ3v) is 4.48. The first-order valence-corrected chi connectivity index (χ1v) is 9.19. The Hall–Kier alpha value is -3.55. The quantitative estimate of drug-likeness (QED) is 0.585. The van der Waals surface area contributed by atoms with Crippen LogP contribution in [0.4, 0.5) is 42.6 Å². The number of nitrogens with one attached hydrogen (secondary N) is 2. The van der Waals surface area contributed by atoms with Crippen LogP contribution in [0.2, 0.25) is 0 Å². The van der Waals surface area contributed by atoms with Gasteiger partial charge in [-0.05, 0) is 36.2 Å². The summed E-state index contributed by atoms with van der Waals surface area (Å²) in [5.41, 5.74) is 0.437. The molecule has 2 atom stereocenters. The van der Waals surface area contributed by atoms with Gasteiger partial charge >= 0.3 is 18.6 Å². The maximum atomic E-state index is 13.3. The molecule has 178 valence electrons. The molecule has 3 amide bonds. The second-order valence-corrected chi connectivity index (χ2v) is 7.05. The fourth-order valence-electron chi connectivity index (χ4n) is 3.07. The average molecular weight is 478 g/mol. The third-order valence-electron chi connectivity index (χ3n) is 4.48. The number of benzene rings is 1. The normalized spacial score (nSPS) is 15.9. The molecule has 33 heavy (non-hydrogen) atoms. The van der Waals surface area contributed by atoms with Gasteiger partial charge in [0.05, 0.1) is 11.7 Å². The van der Waals surface area contributed by atoms with E-state index in [-0.39, 0.29) is 17.1 Å². The Morgan fingerprint density at radius 2 is 1.85 bits per heavy atom. The van der Waals surface area contributed by atoms with Gasteiger partial charge in [-0.15, -0.1) is 13.2 Å². The predicted octanol–water partition coefficient (Wildman–Crippen LogP) is 3.42. The summed E-state index contributed by atoms with van der Waals surface area (Å²) in [6.45, 7) is 1.10. The van der Waals surface area contributed by atoms with Crippen LogP contribution in [0.5, 0.6) is 5.75 Å². The van der Waals surface area contributed by atoms with Crippen LogP contribution in [0.1, 0.15) is 17.2 Å². The van der Waals surface area contributed by atoms with Crippen molar-refractivity contribution in [1.29, 1.82) is 0 Å². The van der Waals surface area contributed by atoms with Gasteiger partial charge < -0.3 is 20.5 Å². The Morgan fingerprint density at radius 1 is 1.21 bits per heavy atom. The number of hydrogen-bond donors (Lipinski definition) is 3. The minimum Gasteiger partial charge on any atom is -0.406 e. The lowest BCUT2D eigenvalue weighted by atomic mass is 10.0. The molecule has 0 radical (unpaired) electrons. The van der Waals surface area contributed by atoms with E-state index in [1.54, 1.807) is 6.92 Å². The zero-order valence-electron chi connectivity index (χ0n) is 16.7. The van der Waals surface area contributed by atoms with Crippen LogP contribution < -0.4 is 20.3 Å². The van der Waals surface area contributed by atoms with Crippen molar-refractivity contribution in [2.75, 3.05) is 16.8 Å². The Bertz CT molecular complexity index is 1040. The maximum absolute atomic E-state index is 13.3. The molecular formula is C19H16F6N4O4. The molecule has 1 aromatic heterocycles. The summed E-state index contributed by atoms with van der Waals surface area (Å²) >= 11 is 0. The van der Waals surface area contributed by atoms with Gasteiger partial charge in [0.1, 0.15) is 12.3 Å². The van der Waals surface area contributed by atoms with Crippen LogP contribution in [0.25, 0.3) is 0 Å². The number of alkyl halides is 6. The van der Waals surface area contributed by atoms with E-state index in [2.05, 4.69) is 15.0 Å². The first-order chi connectivity index (χ1) is 15.2. The van der Waals surface area contributed by atoms with Gasteiger partial charge in [0.15, 0.2) is 11.9 Å². The van der Waals surface area contributed by atoms with Gasteiger partial charge in [-0.3, -0.25) is 9.69 Å². The summed E-state index contributed by atoms with van der Waals surface area (Å²) in [7, 11) is 0. The van der Waals surface area contributed by atoms with Crippen molar-refractivity contribution in [1.82, 2.24) is 10.3 Å². The minimum absolute atomic E-state index is 0.0353. The molecule has 3 N–H and O–H groups in total. The average Bonchev–Trinajstić information content (AvgIpc) is 2.69. The van der Waals surface area contributed by atoms with Crippen molar-refractivity contribution in [2.24, 2.45) is 0 Å². The highest BCUT2D eigenvalue weighted by Gasteiger charge is 2.45. The molecule has 0 saturated carbocycles. The van der Waals surface area contributed by atoms with Crippen molar-refractivity contribution in [3.8, 4) is 5.75 Å². The smallest absolute Gasteiger partial charge is 0.406 e. The molecule has 3 rings (SSSR count). The van der Waals surface area contributed by atoms with E-state index < -0.39 is 48.9 Å². The van der Waals surface area contributed by atoms with Crippen LogP contribution in [-0.2, 0) is 4.79 Å². The van der Waals surface area contributed by atoms with Crippen molar-refractivity contribution < 1.29 is 45.8 Å². The van der Waals surface area contributed by atoms with E-state index in [0.29, 0.717) is 5.56 Å². The zero-order valence-corrected chi connectivity index (χ0v) is 16.7. The first-order valence-electron chi connectivity index (χ1n) is 9.19. The van der Waals surface area contributed by atoms with E-state index >= 15 is 0 Å². The number of aromatic nitrogens is 1. The zero-order chi connectivity index (χ0) is 24.6. The van der Waals surface area contributed by atoms with Crippen LogP contribution in [-0.4, -0.2) is 47.2 Å². The standard InChI is InChI=1S/C19H16F6N4O4/c1-9-6-12-16(26-7-9)29(8-13(30)27-12)17(32)28-14(15(31)18(20,21)22)10-2-4-11(5-3-10)33-19(23,24)25/h2-7,14-15,31H,8H2,1H3,(H,27,30)(H,28,32). The van der Waals surface area contributed by atoms with Gasteiger partial charge in [0.25, 0.3) is 0 Å². The third kappa shape index (κ3) is 5.83. The number of amides is 3. The van der Waals surface area contributed by atoms with E-state index in [4.69, 9.17) is 0 Å². The summed E-state index contributed by atoms with van der Waals surface area (Å²) in [4.78, 5) is 29.6. The Labute approximate surface area is 182 Å². The summed E-state index contributed by atoms with van der Waals surface area (Å²) in [6, 6.07) is 1.33. The highest BCUT2D eigenvalue weighted by molar-refractivity contribution is 6.08. The number of aliphatic hydroxyl groups excluding tert-OH is 1. The first kappa shape index (κ1) is 24.1. The molecule has 2 aromatic rings. The van der Waals surface area contributed by atoms with Crippen molar-refractivity contribution >= 4 is 23.4 Å². The molecule has 14 heteroatoms. The van der Waals surface area contributed by atoms with Gasteiger partial charge in [0, 0.05) is 6.20 Å². The number of hydrogen-bond acceptors (Lipinski definition) is 5. The molecule has 0 fully saturated rings. The van der Waals surface area contributed by atoms with Crippen molar-refractivity contribution in [3.05, 3.63) is 47.7 Å². The minimum atomic E-state index is -5.19. The van der Waals surface area contributed by atoms with Crippen LogP contribution in [0.15, 0.2) is 36.5 Å². The number of nitrogens with zero attached hydrogens (tertiary/aromatic N) is 2. The van der Waals surface area contributed by atoms with Gasteiger partial charge in [-0.25, -0.2) is 9.78 Å². The number of carbonyl (C=O) groups excluding carboxylic acids is 2. The lowest BCUT2D eigenvalue weighted by Crippen LogP contribution is -2.52. The lowest BCUT2D eigenvalue weighted by molar-refractivity contribution is -0.274. The summed E-state index contributed by atoms with van der Waals surface area (Å²) in [5.74, 6) is -1.38. The van der Waals surface area contributed by atoms with Gasteiger partial charge in [-0.1, -0.05) is 12.1 Å². The monoisotopic (exact) mass is 478 g/mol. The number of ether oxygens (including phenoxy) is 1. The number of carbonyl (C=O) groups is 2. The predicted molar refractivity (Wildman–Crippen MR) is 101 cm³/mol. The molecule has 1 aliphatic rings. The Kier molecular flexibility index (Phi) is 6.40. The highest BCUT2D eigenvalue weighted by atomic mass is 19.4. The summed E-state index contributed by atoms with van der Waals surface area (Å²) in [6.07, 6.45) is -11.9. The largest absolute Gasteiger partial charge is 0.573 e. The molecule has 2 heterocycles. The molecule has 0 saturated heterocycles. The molecule has 1 aromatic carbocycles. The molecule has 0 bridgehead atoms. The van der Waals surface area contributed by atoms with Crippen LogP contribution >= 0.6 is 0 Å². The van der Waals surface area contributed by atoms with Gasteiger partial charge in [-0.2, -0.15) is 13.2 Å². The SMILES string of the molecule is Cc1cnc2c(c1)NC(=O)CN2C(=O)NC(c1ccc(OC(F)(F)F)cc1)C(O)C(F)(F)F. The molecule has 1 aliphatic heterocycles. The molecule has 8 nitrogen and oxygen atoms in total. The van der Waals surface area contributed by atoms with Crippen LogP contribution in [0.3, 0.4) is 0 Å². The fraction of sp³-hybridized carbons (Fsp3) is 0.316. The molecule has 0 spiro atoms. The fourth-order valence-corrected chi connectivity index (χ4v) is 3.07. The molecule has 2 unspecified atom stereocenters. The number of fused-ring (bicyclic) bond motifs is 1. The Balaban J connectivity index is 1.90. The van der Waals surface area contributed by atoms with Crippen LogP contribution in [0, 0.1) is 6.92 Å². The van der Waals surface area contributed by atoms with Crippen molar-refractivity contribution in [2.45, 2.75) is 31.6 Å². The number of halogens is 6. The number of rotatable bonds is 4. The number of pyridine rings is 1. The topological polar surface area (TPSA) is 104 Å². The lowest BCUT2D eigenvalue weighted by Gasteiger charge is -2.32.